The molecule has 0 aromatic heterocycles. The minimum Gasteiger partial charge on any atom is -0.493 e. The molecule has 0 saturated carbocycles. The molecule has 0 aliphatic carbocycles. The van der Waals surface area contributed by atoms with Crippen LogP contribution in [0.3, 0.4) is 0 Å². The SMILES string of the molecule is COc1cc(/C=N/N=C(N)N)cc2c1OCCO2. The summed E-state index contributed by atoms with van der Waals surface area (Å²) in [6.45, 7) is 1.01. The van der Waals surface area contributed by atoms with Gasteiger partial charge in [-0.2, -0.15) is 5.10 Å². The molecule has 2 rings (SSSR count). The molecule has 1 aromatic rings. The second-order valence-corrected chi connectivity index (χ2v) is 3.52. The fraction of sp³-hybridized carbons (Fsp3) is 0.273. The third-order valence-corrected chi connectivity index (χ3v) is 2.23. The number of benzene rings is 1. The highest BCUT2D eigenvalue weighted by Crippen LogP contribution is 2.39. The zero-order valence-electron chi connectivity index (χ0n) is 9.92. The third kappa shape index (κ3) is 2.62. The maximum Gasteiger partial charge on any atom is 0.211 e. The number of hydrogen-bond acceptors (Lipinski definition) is 5. The minimum atomic E-state index is -0.101. The summed E-state index contributed by atoms with van der Waals surface area (Å²) in [5.41, 5.74) is 11.1. The molecule has 18 heavy (non-hydrogen) atoms. The number of rotatable bonds is 3. The lowest BCUT2D eigenvalue weighted by molar-refractivity contribution is 0.165. The fourth-order valence-corrected chi connectivity index (χ4v) is 1.53. The van der Waals surface area contributed by atoms with Crippen molar-refractivity contribution in [3.05, 3.63) is 17.7 Å². The van der Waals surface area contributed by atoms with Crippen molar-refractivity contribution in [3.63, 3.8) is 0 Å². The van der Waals surface area contributed by atoms with Crippen LogP contribution in [-0.2, 0) is 0 Å². The van der Waals surface area contributed by atoms with Crippen molar-refractivity contribution in [3.8, 4) is 17.2 Å². The Hall–Kier alpha value is -2.44. The Balaban J connectivity index is 2.32. The lowest BCUT2D eigenvalue weighted by Crippen LogP contribution is -2.21. The molecular weight excluding hydrogens is 236 g/mol. The first kappa shape index (κ1) is 12.0. The van der Waals surface area contributed by atoms with E-state index in [1.54, 1.807) is 19.2 Å². The van der Waals surface area contributed by atoms with Crippen LogP contribution < -0.4 is 25.7 Å². The smallest absolute Gasteiger partial charge is 0.211 e. The Morgan fingerprint density at radius 3 is 2.83 bits per heavy atom. The van der Waals surface area contributed by atoms with Crippen LogP contribution in [0, 0.1) is 0 Å². The van der Waals surface area contributed by atoms with Gasteiger partial charge in [0.15, 0.2) is 11.5 Å². The van der Waals surface area contributed by atoms with Gasteiger partial charge >= 0.3 is 0 Å². The van der Waals surface area contributed by atoms with E-state index < -0.39 is 0 Å². The number of guanidine groups is 1. The summed E-state index contributed by atoms with van der Waals surface area (Å²) in [4.78, 5) is 0. The highest BCUT2D eigenvalue weighted by atomic mass is 16.6. The zero-order valence-corrected chi connectivity index (χ0v) is 9.92. The molecule has 96 valence electrons. The monoisotopic (exact) mass is 250 g/mol. The average molecular weight is 250 g/mol. The number of hydrogen-bond donors (Lipinski definition) is 2. The maximum atomic E-state index is 5.48. The predicted molar refractivity (Wildman–Crippen MR) is 67.4 cm³/mol. The molecule has 0 fully saturated rings. The summed E-state index contributed by atoms with van der Waals surface area (Å²) in [6, 6.07) is 3.54. The quantitative estimate of drug-likeness (QED) is 0.449. The molecule has 0 radical (unpaired) electrons. The third-order valence-electron chi connectivity index (χ3n) is 2.23. The molecule has 0 atom stereocenters. The van der Waals surface area contributed by atoms with Gasteiger partial charge in [0.2, 0.25) is 11.7 Å². The number of methoxy groups -OCH3 is 1. The van der Waals surface area contributed by atoms with Crippen LogP contribution in [0.2, 0.25) is 0 Å². The Kier molecular flexibility index (Phi) is 3.52. The molecule has 0 spiro atoms. The Morgan fingerprint density at radius 2 is 2.11 bits per heavy atom. The Morgan fingerprint density at radius 1 is 1.33 bits per heavy atom. The maximum absolute atomic E-state index is 5.48. The van der Waals surface area contributed by atoms with Gasteiger partial charge in [-0.15, -0.1) is 5.10 Å². The van der Waals surface area contributed by atoms with Gasteiger partial charge in [-0.1, -0.05) is 0 Å². The summed E-state index contributed by atoms with van der Waals surface area (Å²) in [5.74, 6) is 1.70. The van der Waals surface area contributed by atoms with E-state index in [2.05, 4.69) is 10.2 Å². The average Bonchev–Trinajstić information content (AvgIpc) is 2.37. The Bertz CT molecular complexity index is 478. The van der Waals surface area contributed by atoms with Crippen molar-refractivity contribution in [2.24, 2.45) is 21.7 Å². The summed E-state index contributed by atoms with van der Waals surface area (Å²) >= 11 is 0. The van der Waals surface area contributed by atoms with Crippen LogP contribution in [0.5, 0.6) is 17.2 Å². The molecule has 0 saturated heterocycles. The largest absolute Gasteiger partial charge is 0.493 e. The molecule has 1 aliphatic heterocycles. The second-order valence-electron chi connectivity index (χ2n) is 3.52. The van der Waals surface area contributed by atoms with E-state index >= 15 is 0 Å². The molecule has 0 amide bonds. The van der Waals surface area contributed by atoms with E-state index in [0.717, 1.165) is 5.56 Å². The summed E-state index contributed by atoms with van der Waals surface area (Å²) in [6.07, 6.45) is 1.50. The van der Waals surface area contributed by atoms with Crippen LogP contribution in [0.4, 0.5) is 0 Å². The van der Waals surface area contributed by atoms with Gasteiger partial charge < -0.3 is 25.7 Å². The van der Waals surface area contributed by atoms with Crippen LogP contribution in [-0.4, -0.2) is 32.5 Å². The number of ether oxygens (including phenoxy) is 3. The van der Waals surface area contributed by atoms with E-state index in [9.17, 15) is 0 Å². The molecule has 1 aromatic carbocycles. The molecule has 7 heteroatoms. The molecule has 0 bridgehead atoms. The molecule has 0 unspecified atom stereocenters. The lowest BCUT2D eigenvalue weighted by atomic mass is 10.2. The van der Waals surface area contributed by atoms with Gasteiger partial charge in [-0.25, -0.2) is 0 Å². The standard InChI is InChI=1S/C11H14N4O3/c1-16-8-4-7(6-14-15-11(12)13)5-9-10(8)18-3-2-17-9/h4-6H,2-3H2,1H3,(H4,12,13,15)/b14-6+. The fourth-order valence-electron chi connectivity index (χ4n) is 1.53. The van der Waals surface area contributed by atoms with Crippen LogP contribution in [0.15, 0.2) is 22.3 Å². The molecule has 1 aliphatic rings. The topological polar surface area (TPSA) is 104 Å². The van der Waals surface area contributed by atoms with Crippen molar-refractivity contribution in [1.29, 1.82) is 0 Å². The number of nitrogens with zero attached hydrogens (tertiary/aromatic N) is 2. The van der Waals surface area contributed by atoms with Crippen LogP contribution >= 0.6 is 0 Å². The predicted octanol–water partition coefficient (Wildman–Crippen LogP) is 0.0737. The normalized spacial score (nSPS) is 13.4. The summed E-state index contributed by atoms with van der Waals surface area (Å²) in [7, 11) is 1.56. The molecule has 7 nitrogen and oxygen atoms in total. The Labute approximate surface area is 104 Å². The van der Waals surface area contributed by atoms with Crippen molar-refractivity contribution in [2.45, 2.75) is 0 Å². The van der Waals surface area contributed by atoms with Gasteiger partial charge in [0.1, 0.15) is 13.2 Å². The zero-order chi connectivity index (χ0) is 13.0. The van der Waals surface area contributed by atoms with Gasteiger partial charge in [-0.05, 0) is 12.1 Å². The van der Waals surface area contributed by atoms with E-state index in [1.807, 2.05) is 0 Å². The number of fused-ring (bicyclic) bond motifs is 1. The van der Waals surface area contributed by atoms with Crippen molar-refractivity contribution in [2.75, 3.05) is 20.3 Å². The highest BCUT2D eigenvalue weighted by Gasteiger charge is 2.17. The van der Waals surface area contributed by atoms with E-state index in [-0.39, 0.29) is 5.96 Å². The van der Waals surface area contributed by atoms with Gasteiger partial charge in [-0.3, -0.25) is 0 Å². The first-order chi connectivity index (χ1) is 8.70. The van der Waals surface area contributed by atoms with Gasteiger partial charge in [0, 0.05) is 5.56 Å². The van der Waals surface area contributed by atoms with Crippen LogP contribution in [0.1, 0.15) is 5.56 Å². The first-order valence-corrected chi connectivity index (χ1v) is 5.30. The molecular formula is C11H14N4O3. The number of nitrogens with two attached hydrogens (primary N) is 2. The van der Waals surface area contributed by atoms with Crippen molar-refractivity contribution >= 4 is 12.2 Å². The molecule has 1 heterocycles. The highest BCUT2D eigenvalue weighted by molar-refractivity contribution is 5.83. The van der Waals surface area contributed by atoms with E-state index in [0.29, 0.717) is 30.5 Å². The van der Waals surface area contributed by atoms with Crippen molar-refractivity contribution < 1.29 is 14.2 Å². The van der Waals surface area contributed by atoms with Crippen molar-refractivity contribution in [1.82, 2.24) is 0 Å². The molecule has 4 N–H and O–H groups in total. The van der Waals surface area contributed by atoms with E-state index in [4.69, 9.17) is 25.7 Å². The first-order valence-electron chi connectivity index (χ1n) is 5.30. The van der Waals surface area contributed by atoms with Crippen LogP contribution in [0.25, 0.3) is 0 Å². The minimum absolute atomic E-state index is 0.101. The second kappa shape index (κ2) is 5.26. The van der Waals surface area contributed by atoms with E-state index in [1.165, 1.54) is 6.21 Å². The summed E-state index contributed by atoms with van der Waals surface area (Å²) < 4.78 is 16.2. The lowest BCUT2D eigenvalue weighted by Gasteiger charge is -2.20. The van der Waals surface area contributed by atoms with Gasteiger partial charge in [0.05, 0.1) is 13.3 Å². The summed E-state index contributed by atoms with van der Waals surface area (Å²) in [5, 5.41) is 7.24. The van der Waals surface area contributed by atoms with Gasteiger partial charge in [0.25, 0.3) is 0 Å².